The first-order chi connectivity index (χ1) is 22.5. The summed E-state index contributed by atoms with van der Waals surface area (Å²) in [6.45, 7) is -0.226. The highest BCUT2D eigenvalue weighted by Crippen LogP contribution is 2.44. The van der Waals surface area contributed by atoms with Crippen molar-refractivity contribution in [3.8, 4) is 11.1 Å². The Kier molecular flexibility index (Phi) is 7.94. The second-order valence-corrected chi connectivity index (χ2v) is 15.6. The molecular formula is C31H23N3O11S3. The van der Waals surface area contributed by atoms with Gasteiger partial charge in [-0.25, -0.2) is 8.42 Å². The minimum absolute atomic E-state index is 0.0131. The number of ketones is 2. The van der Waals surface area contributed by atoms with Crippen LogP contribution in [0.2, 0.25) is 0 Å². The van der Waals surface area contributed by atoms with Gasteiger partial charge in [-0.15, -0.1) is 0 Å². The summed E-state index contributed by atoms with van der Waals surface area (Å²) in [5.74, 6) is -2.00. The third-order valence-corrected chi connectivity index (χ3v) is 11.2. The molecule has 0 saturated carbocycles. The molecule has 0 unspecified atom stereocenters. The Labute approximate surface area is 272 Å². The van der Waals surface area contributed by atoms with Crippen LogP contribution in [-0.4, -0.2) is 63.2 Å². The Bertz CT molecular complexity index is 2630. The van der Waals surface area contributed by atoms with Gasteiger partial charge in [0.25, 0.3) is 25.8 Å². The zero-order valence-corrected chi connectivity index (χ0v) is 26.7. The number of carbonyl (C=O) groups excluding carboxylic acids is 2. The number of hydrogen-bond acceptors (Lipinski definition) is 11. The molecule has 6 N–H and O–H groups in total. The highest BCUT2D eigenvalue weighted by atomic mass is 32.2. The Hall–Kier alpha value is -5.04. The number of fused-ring (bicyclic) bond motifs is 2. The van der Waals surface area contributed by atoms with Gasteiger partial charge in [0.05, 0.1) is 38.0 Å². The highest BCUT2D eigenvalue weighted by molar-refractivity contribution is 7.91. The van der Waals surface area contributed by atoms with E-state index in [4.69, 9.17) is 5.73 Å². The van der Waals surface area contributed by atoms with E-state index in [0.29, 0.717) is 0 Å². The number of carbonyl (C=O) groups is 2. The molecule has 0 radical (unpaired) electrons. The third-order valence-electron chi connectivity index (χ3n) is 7.71. The summed E-state index contributed by atoms with van der Waals surface area (Å²) in [6, 6.07) is 16.0. The van der Waals surface area contributed by atoms with Gasteiger partial charge in [0.1, 0.15) is 4.90 Å². The summed E-state index contributed by atoms with van der Waals surface area (Å²) >= 11 is 0. The fraction of sp³-hybridized carbons (Fsp3) is 0.0645. The normalized spacial score (nSPS) is 12.9. The second kappa shape index (κ2) is 11.6. The smallest absolute Gasteiger partial charge is 0.296 e. The quantitative estimate of drug-likeness (QED) is 0.107. The predicted molar refractivity (Wildman–Crippen MR) is 174 cm³/mol. The van der Waals surface area contributed by atoms with E-state index >= 15 is 0 Å². The summed E-state index contributed by atoms with van der Waals surface area (Å²) in [7, 11) is -13.6. The maximum Gasteiger partial charge on any atom is 0.296 e. The van der Waals surface area contributed by atoms with Crippen LogP contribution in [0, 0.1) is 0 Å². The Morgan fingerprint density at radius 2 is 1.46 bits per heavy atom. The van der Waals surface area contributed by atoms with Crippen LogP contribution in [0.1, 0.15) is 31.8 Å². The van der Waals surface area contributed by atoms with Crippen molar-refractivity contribution in [1.82, 2.24) is 4.98 Å². The number of sulfone groups is 1. The van der Waals surface area contributed by atoms with Crippen LogP contribution < -0.4 is 16.6 Å². The van der Waals surface area contributed by atoms with Crippen molar-refractivity contribution < 1.29 is 43.9 Å². The minimum atomic E-state index is -4.93. The number of aromatic amines is 1. The topological polar surface area (TPSA) is 248 Å². The first kappa shape index (κ1) is 32.9. The van der Waals surface area contributed by atoms with Crippen molar-refractivity contribution in [1.29, 1.82) is 0 Å². The monoisotopic (exact) mass is 709 g/mol. The van der Waals surface area contributed by atoms with Gasteiger partial charge in [0.15, 0.2) is 21.4 Å². The molecule has 1 heterocycles. The Morgan fingerprint density at radius 3 is 2.12 bits per heavy atom. The second-order valence-electron chi connectivity index (χ2n) is 10.7. The van der Waals surface area contributed by atoms with Gasteiger partial charge in [-0.05, 0) is 48.0 Å². The molecule has 1 aromatic heterocycles. The zero-order valence-electron chi connectivity index (χ0n) is 24.3. The molecule has 1 aliphatic rings. The largest absolute Gasteiger partial charge is 0.354 e. The lowest BCUT2D eigenvalue weighted by molar-refractivity contribution is 0.102. The van der Waals surface area contributed by atoms with Gasteiger partial charge >= 0.3 is 0 Å². The molecule has 5 aromatic rings. The first-order valence-electron chi connectivity index (χ1n) is 13.8. The number of benzene rings is 4. The molecule has 0 spiro atoms. The average Bonchev–Trinajstić information content (AvgIpc) is 3.02. The van der Waals surface area contributed by atoms with Crippen molar-refractivity contribution >= 4 is 63.9 Å². The van der Waals surface area contributed by atoms with E-state index in [1.165, 1.54) is 36.4 Å². The van der Waals surface area contributed by atoms with E-state index in [1.807, 2.05) is 0 Å². The lowest BCUT2D eigenvalue weighted by Gasteiger charge is -2.24. The number of hydrogen-bond donors (Lipinski definition) is 5. The van der Waals surface area contributed by atoms with Crippen LogP contribution in [0.3, 0.4) is 0 Å². The van der Waals surface area contributed by atoms with E-state index in [1.54, 1.807) is 12.1 Å². The SMILES string of the molecule is NCCS(=O)(=O)c1ccc(S(=O)(=O)O)c(Nc2ccc3[nH]c(=O)c(C(=O)c4cccc(S(=O)(=O)O)c4)c4c3c2C(=O)c2ccccc2-4)c1. The summed E-state index contributed by atoms with van der Waals surface area (Å²) in [4.78, 5) is 42.6. The van der Waals surface area contributed by atoms with Gasteiger partial charge in [0.2, 0.25) is 0 Å². The molecule has 1 aliphatic carbocycles. The van der Waals surface area contributed by atoms with E-state index in [-0.39, 0.29) is 55.8 Å². The molecule has 48 heavy (non-hydrogen) atoms. The van der Waals surface area contributed by atoms with Gasteiger partial charge in [0, 0.05) is 34.1 Å². The van der Waals surface area contributed by atoms with E-state index in [0.717, 1.165) is 30.3 Å². The Morgan fingerprint density at radius 1 is 0.750 bits per heavy atom. The maximum absolute atomic E-state index is 14.1. The summed E-state index contributed by atoms with van der Waals surface area (Å²) in [5.41, 5.74) is 3.62. The first-order valence-corrected chi connectivity index (χ1v) is 18.4. The van der Waals surface area contributed by atoms with Crippen molar-refractivity contribution in [2.45, 2.75) is 14.7 Å². The molecule has 17 heteroatoms. The van der Waals surface area contributed by atoms with Crippen molar-refractivity contribution in [2.75, 3.05) is 17.6 Å². The van der Waals surface area contributed by atoms with Gasteiger partial charge in [-0.2, -0.15) is 16.8 Å². The Balaban J connectivity index is 1.65. The molecule has 14 nitrogen and oxygen atoms in total. The lowest BCUT2D eigenvalue weighted by atomic mass is 9.80. The number of nitrogens with one attached hydrogen (secondary N) is 2. The number of H-pyrrole nitrogens is 1. The standard InChI is InChI=1S/C31H23N3O11S3/c32-12-13-46(38,39)17-8-11-24(48(43,44)45)23(15-17)33-22-10-9-21-26-25(19-6-1-2-7-20(19)30(36)27(22)26)28(31(37)34-21)29(35)16-4-3-5-18(14-16)47(40,41)42/h1-11,14-15,33H,12-13,32H2,(H,34,37)(H,40,41,42)(H,43,44,45). The fourth-order valence-corrected chi connectivity index (χ4v) is 7.91. The van der Waals surface area contributed by atoms with Crippen molar-refractivity contribution in [2.24, 2.45) is 5.73 Å². The van der Waals surface area contributed by atoms with Crippen LogP contribution in [0.25, 0.3) is 22.0 Å². The molecule has 0 amide bonds. The van der Waals surface area contributed by atoms with Gasteiger partial charge < -0.3 is 16.0 Å². The lowest BCUT2D eigenvalue weighted by Crippen LogP contribution is -2.24. The van der Waals surface area contributed by atoms with E-state index in [2.05, 4.69) is 10.3 Å². The third kappa shape index (κ3) is 5.61. The molecule has 0 fully saturated rings. The van der Waals surface area contributed by atoms with E-state index in [9.17, 15) is 48.7 Å². The van der Waals surface area contributed by atoms with Crippen LogP contribution in [-0.2, 0) is 30.1 Å². The van der Waals surface area contributed by atoms with Gasteiger partial charge in [-0.1, -0.05) is 36.4 Å². The molecule has 0 aliphatic heterocycles. The molecular weight excluding hydrogens is 687 g/mol. The molecule has 4 aromatic carbocycles. The van der Waals surface area contributed by atoms with Crippen molar-refractivity contribution in [3.05, 3.63) is 111 Å². The van der Waals surface area contributed by atoms with Crippen molar-refractivity contribution in [3.63, 3.8) is 0 Å². The number of nitrogens with two attached hydrogens (primary N) is 1. The number of rotatable bonds is 9. The highest BCUT2D eigenvalue weighted by Gasteiger charge is 2.34. The fourth-order valence-electron chi connectivity index (χ4n) is 5.64. The molecule has 0 saturated heterocycles. The van der Waals surface area contributed by atoms with Crippen LogP contribution in [0.15, 0.2) is 98.3 Å². The molecule has 246 valence electrons. The summed E-state index contributed by atoms with van der Waals surface area (Å²) in [6.07, 6.45) is 0. The van der Waals surface area contributed by atoms with Gasteiger partial charge in [-0.3, -0.25) is 23.5 Å². The minimum Gasteiger partial charge on any atom is -0.354 e. The number of aromatic nitrogens is 1. The molecule has 6 rings (SSSR count). The number of anilines is 2. The van der Waals surface area contributed by atoms with E-state index < -0.39 is 74.0 Å². The molecule has 0 bridgehead atoms. The maximum atomic E-state index is 14.1. The van der Waals surface area contributed by atoms with Crippen LogP contribution in [0.4, 0.5) is 11.4 Å². The molecule has 0 atom stereocenters. The number of pyridine rings is 1. The summed E-state index contributed by atoms with van der Waals surface area (Å²) in [5, 5.41) is 2.83. The average molecular weight is 710 g/mol. The zero-order chi connectivity index (χ0) is 34.8. The van der Waals surface area contributed by atoms with Crippen LogP contribution >= 0.6 is 0 Å². The predicted octanol–water partition coefficient (Wildman–Crippen LogP) is 2.94. The van der Waals surface area contributed by atoms with Crippen LogP contribution in [0.5, 0.6) is 0 Å². The summed E-state index contributed by atoms with van der Waals surface area (Å²) < 4.78 is 93.2.